The molecule has 0 aromatic rings. The molecule has 0 aliphatic carbocycles. The summed E-state index contributed by atoms with van der Waals surface area (Å²) < 4.78 is 29.8. The summed E-state index contributed by atoms with van der Waals surface area (Å²) in [6.45, 7) is 0. The maximum Gasteiger partial charge on any atom is 0.334 e. The van der Waals surface area contributed by atoms with Crippen molar-refractivity contribution in [2.75, 3.05) is 28.4 Å². The maximum absolute atomic E-state index is 11.2. The van der Waals surface area contributed by atoms with E-state index in [0.29, 0.717) is 0 Å². The number of hydrogen-bond acceptors (Lipinski definition) is 8. The van der Waals surface area contributed by atoms with Gasteiger partial charge in [-0.3, -0.25) is 0 Å². The molecule has 0 aromatic heterocycles. The summed E-state index contributed by atoms with van der Waals surface area (Å²) >= 11 is 0. The molecule has 1 heterocycles. The zero-order chi connectivity index (χ0) is 15.1. The van der Waals surface area contributed by atoms with Crippen LogP contribution in [0.3, 0.4) is 0 Å². The lowest BCUT2D eigenvalue weighted by Crippen LogP contribution is -2.35. The largest absolute Gasteiger partial charge is 0.466 e. The molecule has 0 saturated carbocycles. The summed E-state index contributed by atoms with van der Waals surface area (Å²) in [4.78, 5) is 22.4. The molecule has 2 unspecified atom stereocenters. The molecule has 20 heavy (non-hydrogen) atoms. The van der Waals surface area contributed by atoms with Crippen LogP contribution in [-0.2, 0) is 38.0 Å². The fourth-order valence-electron chi connectivity index (χ4n) is 1.36. The van der Waals surface area contributed by atoms with E-state index in [4.69, 9.17) is 18.9 Å². The Bertz CT molecular complexity index is 385. The van der Waals surface area contributed by atoms with Crippen LogP contribution in [0.4, 0.5) is 0 Å². The summed E-state index contributed by atoms with van der Waals surface area (Å²) in [5.74, 6) is -1.15. The van der Waals surface area contributed by atoms with Crippen molar-refractivity contribution in [2.24, 2.45) is 0 Å². The highest BCUT2D eigenvalue weighted by molar-refractivity contribution is 5.83. The van der Waals surface area contributed by atoms with Crippen LogP contribution in [0, 0.1) is 0 Å². The summed E-state index contributed by atoms with van der Waals surface area (Å²) in [6, 6.07) is 0. The summed E-state index contributed by atoms with van der Waals surface area (Å²) in [7, 11) is 5.15. The van der Waals surface area contributed by atoms with Gasteiger partial charge >= 0.3 is 11.9 Å². The van der Waals surface area contributed by atoms with Gasteiger partial charge in [0.25, 0.3) is 12.6 Å². The van der Waals surface area contributed by atoms with E-state index in [9.17, 15) is 9.59 Å². The van der Waals surface area contributed by atoms with Crippen molar-refractivity contribution in [2.45, 2.75) is 12.6 Å². The Morgan fingerprint density at radius 1 is 0.850 bits per heavy atom. The first-order valence-corrected chi connectivity index (χ1v) is 5.53. The van der Waals surface area contributed by atoms with E-state index in [2.05, 4.69) is 9.47 Å². The van der Waals surface area contributed by atoms with Crippen LogP contribution in [0.15, 0.2) is 23.7 Å². The Balaban J connectivity index is 2.99. The van der Waals surface area contributed by atoms with Crippen molar-refractivity contribution in [1.29, 1.82) is 0 Å². The molecular weight excluding hydrogens is 272 g/mol. The molecular formula is C12H16O8. The van der Waals surface area contributed by atoms with Gasteiger partial charge in [0.05, 0.1) is 26.4 Å². The first-order chi connectivity index (χ1) is 9.55. The standard InChI is InChI=1S/C12H16O8/c1-15-9(13)5-7-11(17-3)20-8(6-10(14)16-2)12(18-4)19-7/h5-6,11-12H,1-4H3. The molecule has 1 rings (SSSR count). The average molecular weight is 288 g/mol. The summed E-state index contributed by atoms with van der Waals surface area (Å²) in [5, 5.41) is 0. The predicted octanol–water partition coefficient (Wildman–Crippen LogP) is 0.0920. The van der Waals surface area contributed by atoms with E-state index in [0.717, 1.165) is 12.2 Å². The highest BCUT2D eigenvalue weighted by Gasteiger charge is 2.34. The molecule has 0 bridgehead atoms. The van der Waals surface area contributed by atoms with Gasteiger partial charge in [-0.15, -0.1) is 0 Å². The average Bonchev–Trinajstić information content (AvgIpc) is 2.47. The lowest BCUT2D eigenvalue weighted by Gasteiger charge is -2.32. The van der Waals surface area contributed by atoms with E-state index in [1.165, 1.54) is 28.4 Å². The highest BCUT2D eigenvalue weighted by Crippen LogP contribution is 2.27. The van der Waals surface area contributed by atoms with Crippen LogP contribution in [0.25, 0.3) is 0 Å². The third-order valence-corrected chi connectivity index (χ3v) is 2.30. The van der Waals surface area contributed by atoms with E-state index in [1.54, 1.807) is 0 Å². The van der Waals surface area contributed by atoms with E-state index in [-0.39, 0.29) is 11.5 Å². The molecule has 0 N–H and O–H groups in total. The molecule has 0 amide bonds. The third-order valence-electron chi connectivity index (χ3n) is 2.30. The molecule has 1 fully saturated rings. The van der Waals surface area contributed by atoms with Gasteiger partial charge in [0, 0.05) is 14.2 Å². The van der Waals surface area contributed by atoms with Gasteiger partial charge in [-0.1, -0.05) is 0 Å². The number of ether oxygens (including phenoxy) is 6. The fraction of sp³-hybridized carbons (Fsp3) is 0.500. The molecule has 1 saturated heterocycles. The molecule has 1 aliphatic rings. The van der Waals surface area contributed by atoms with Gasteiger partial charge < -0.3 is 28.4 Å². The van der Waals surface area contributed by atoms with Gasteiger partial charge in [0.15, 0.2) is 11.5 Å². The number of carbonyl (C=O) groups is 2. The van der Waals surface area contributed by atoms with Crippen LogP contribution < -0.4 is 0 Å². The Hall–Kier alpha value is -2.06. The van der Waals surface area contributed by atoms with Crippen molar-refractivity contribution in [3.8, 4) is 0 Å². The number of rotatable bonds is 4. The molecule has 8 heteroatoms. The number of methoxy groups -OCH3 is 4. The Kier molecular flexibility index (Phi) is 6.01. The molecule has 8 nitrogen and oxygen atoms in total. The second-order valence-corrected chi connectivity index (χ2v) is 3.51. The number of hydrogen-bond donors (Lipinski definition) is 0. The Morgan fingerprint density at radius 2 is 1.20 bits per heavy atom. The zero-order valence-electron chi connectivity index (χ0n) is 11.6. The minimum atomic E-state index is -1.00. The van der Waals surface area contributed by atoms with Crippen molar-refractivity contribution in [1.82, 2.24) is 0 Å². The van der Waals surface area contributed by atoms with E-state index in [1.807, 2.05) is 0 Å². The molecule has 112 valence electrons. The minimum absolute atomic E-state index is 0.0632. The van der Waals surface area contributed by atoms with Crippen molar-refractivity contribution >= 4 is 11.9 Å². The Labute approximate surface area is 115 Å². The quantitative estimate of drug-likeness (QED) is 0.531. The lowest BCUT2D eigenvalue weighted by atomic mass is 10.3. The number of esters is 2. The van der Waals surface area contributed by atoms with Gasteiger partial charge in [-0.05, 0) is 0 Å². The highest BCUT2D eigenvalue weighted by atomic mass is 16.8. The SMILES string of the molecule is COC(=O)C=C1OC(OC)C(=CC(=O)OC)OC1OC. The molecule has 0 radical (unpaired) electrons. The Morgan fingerprint density at radius 3 is 1.45 bits per heavy atom. The van der Waals surface area contributed by atoms with E-state index < -0.39 is 24.5 Å². The molecule has 0 spiro atoms. The first kappa shape index (κ1) is 16.0. The maximum atomic E-state index is 11.2. The summed E-state index contributed by atoms with van der Waals surface area (Å²) in [6.07, 6.45) is 0.123. The summed E-state index contributed by atoms with van der Waals surface area (Å²) in [5.41, 5.74) is 0. The predicted molar refractivity (Wildman–Crippen MR) is 64.0 cm³/mol. The van der Waals surface area contributed by atoms with Gasteiger partial charge in [-0.2, -0.15) is 0 Å². The number of carbonyl (C=O) groups excluding carboxylic acids is 2. The van der Waals surface area contributed by atoms with Gasteiger partial charge in [0.1, 0.15) is 0 Å². The van der Waals surface area contributed by atoms with Crippen LogP contribution in [-0.4, -0.2) is 53.0 Å². The molecule has 1 aliphatic heterocycles. The molecule has 2 atom stereocenters. The van der Waals surface area contributed by atoms with Crippen LogP contribution >= 0.6 is 0 Å². The minimum Gasteiger partial charge on any atom is -0.466 e. The fourth-order valence-corrected chi connectivity index (χ4v) is 1.36. The van der Waals surface area contributed by atoms with Crippen LogP contribution in [0.2, 0.25) is 0 Å². The third kappa shape index (κ3) is 3.97. The van der Waals surface area contributed by atoms with Crippen LogP contribution in [0.5, 0.6) is 0 Å². The van der Waals surface area contributed by atoms with Crippen LogP contribution in [0.1, 0.15) is 0 Å². The smallest absolute Gasteiger partial charge is 0.334 e. The first-order valence-electron chi connectivity index (χ1n) is 5.53. The van der Waals surface area contributed by atoms with Crippen molar-refractivity contribution < 1.29 is 38.0 Å². The van der Waals surface area contributed by atoms with Gasteiger partial charge in [0.2, 0.25) is 0 Å². The monoisotopic (exact) mass is 288 g/mol. The zero-order valence-corrected chi connectivity index (χ0v) is 11.6. The van der Waals surface area contributed by atoms with Gasteiger partial charge in [-0.25, -0.2) is 9.59 Å². The van der Waals surface area contributed by atoms with Crippen molar-refractivity contribution in [3.63, 3.8) is 0 Å². The molecule has 0 aromatic carbocycles. The topological polar surface area (TPSA) is 89.5 Å². The second-order valence-electron chi connectivity index (χ2n) is 3.51. The lowest BCUT2D eigenvalue weighted by molar-refractivity contribution is -0.209. The van der Waals surface area contributed by atoms with Crippen molar-refractivity contribution in [3.05, 3.63) is 23.7 Å². The normalized spacial score (nSPS) is 25.8. The second kappa shape index (κ2) is 7.51. The van der Waals surface area contributed by atoms with E-state index >= 15 is 0 Å².